The molecule has 0 unspecified atom stereocenters. The van der Waals surface area contributed by atoms with Crippen LogP contribution in [-0.4, -0.2) is 34.2 Å². The molecule has 0 fully saturated rings. The highest BCUT2D eigenvalue weighted by Gasteiger charge is 2.20. The van der Waals surface area contributed by atoms with Crippen LogP contribution >= 0.6 is 0 Å². The molecule has 0 saturated carbocycles. The molecule has 5 heteroatoms. The zero-order valence-corrected chi connectivity index (χ0v) is 7.99. The number of hydrogen-bond donors (Lipinski definition) is 1. The van der Waals surface area contributed by atoms with E-state index < -0.39 is 6.09 Å². The third-order valence-electron chi connectivity index (χ3n) is 2.38. The molecule has 0 saturated heterocycles. The molecule has 1 aliphatic heterocycles. The third-order valence-corrected chi connectivity index (χ3v) is 2.38. The molecule has 1 aromatic heterocycles. The molecule has 0 radical (unpaired) electrons. The van der Waals surface area contributed by atoms with Crippen LogP contribution in [0.3, 0.4) is 0 Å². The number of amides is 1. The summed E-state index contributed by atoms with van der Waals surface area (Å²) >= 11 is 0. The molecule has 0 aliphatic carbocycles. The van der Waals surface area contributed by atoms with E-state index >= 15 is 0 Å². The Balaban J connectivity index is 2.15. The van der Waals surface area contributed by atoms with Crippen LogP contribution in [0.15, 0.2) is 4.42 Å². The van der Waals surface area contributed by atoms with Gasteiger partial charge >= 0.3 is 6.09 Å². The molecule has 2 rings (SSSR count). The normalized spacial score (nSPS) is 16.2. The second kappa shape index (κ2) is 3.32. The lowest BCUT2D eigenvalue weighted by Crippen LogP contribution is -2.31. The second-order valence-electron chi connectivity index (χ2n) is 3.37. The Hall–Kier alpha value is -1.52. The van der Waals surface area contributed by atoms with Crippen LogP contribution < -0.4 is 0 Å². The van der Waals surface area contributed by atoms with Crippen molar-refractivity contribution in [3.05, 3.63) is 17.3 Å². The predicted octanol–water partition coefficient (Wildman–Crippen LogP) is 1.06. The fourth-order valence-electron chi connectivity index (χ4n) is 1.68. The van der Waals surface area contributed by atoms with Gasteiger partial charge in [0.05, 0.1) is 5.69 Å². The van der Waals surface area contributed by atoms with E-state index in [1.807, 2.05) is 6.92 Å². The first-order valence-electron chi connectivity index (χ1n) is 4.60. The van der Waals surface area contributed by atoms with E-state index in [0.717, 1.165) is 11.5 Å². The summed E-state index contributed by atoms with van der Waals surface area (Å²) in [6, 6.07) is 0. The minimum Gasteiger partial charge on any atom is -0.465 e. The van der Waals surface area contributed by atoms with Crippen molar-refractivity contribution in [2.45, 2.75) is 19.8 Å². The maximum absolute atomic E-state index is 10.7. The molecule has 76 valence electrons. The SMILES string of the molecule is Cc1nc2c(o1)CCN(C(=O)O)CC2. The topological polar surface area (TPSA) is 66.6 Å². The molecule has 2 heterocycles. The molecule has 0 atom stereocenters. The first-order valence-corrected chi connectivity index (χ1v) is 4.60. The van der Waals surface area contributed by atoms with Crippen molar-refractivity contribution in [1.82, 2.24) is 9.88 Å². The lowest BCUT2D eigenvalue weighted by Gasteiger charge is -2.14. The van der Waals surface area contributed by atoms with Gasteiger partial charge in [-0.25, -0.2) is 9.78 Å². The lowest BCUT2D eigenvalue weighted by atomic mass is 10.2. The number of aryl methyl sites for hydroxylation is 1. The lowest BCUT2D eigenvalue weighted by molar-refractivity contribution is 0.147. The van der Waals surface area contributed by atoms with Gasteiger partial charge in [-0.1, -0.05) is 0 Å². The molecule has 1 aliphatic rings. The van der Waals surface area contributed by atoms with Crippen LogP contribution in [0.25, 0.3) is 0 Å². The van der Waals surface area contributed by atoms with E-state index in [9.17, 15) is 4.79 Å². The number of oxazole rings is 1. The Labute approximate surface area is 81.3 Å². The maximum atomic E-state index is 10.7. The largest absolute Gasteiger partial charge is 0.465 e. The fraction of sp³-hybridized carbons (Fsp3) is 0.556. The maximum Gasteiger partial charge on any atom is 0.407 e. The van der Waals surface area contributed by atoms with E-state index in [2.05, 4.69) is 4.98 Å². The molecule has 14 heavy (non-hydrogen) atoms. The molecule has 5 nitrogen and oxygen atoms in total. The van der Waals surface area contributed by atoms with Crippen LogP contribution in [0.1, 0.15) is 17.3 Å². The Bertz CT molecular complexity index is 333. The number of carboxylic acid groups (broad SMARTS) is 1. The van der Waals surface area contributed by atoms with Gasteiger partial charge in [0.2, 0.25) is 0 Å². The van der Waals surface area contributed by atoms with Gasteiger partial charge in [-0.15, -0.1) is 0 Å². The van der Waals surface area contributed by atoms with Crippen molar-refractivity contribution in [1.29, 1.82) is 0 Å². The highest BCUT2D eigenvalue weighted by molar-refractivity contribution is 5.65. The van der Waals surface area contributed by atoms with Gasteiger partial charge in [0.25, 0.3) is 0 Å². The highest BCUT2D eigenvalue weighted by atomic mass is 16.4. The van der Waals surface area contributed by atoms with Crippen LogP contribution in [0.2, 0.25) is 0 Å². The van der Waals surface area contributed by atoms with Gasteiger partial charge in [0.1, 0.15) is 5.76 Å². The summed E-state index contributed by atoms with van der Waals surface area (Å²) in [5, 5.41) is 8.81. The van der Waals surface area contributed by atoms with Crippen LogP contribution in [0.4, 0.5) is 4.79 Å². The van der Waals surface area contributed by atoms with Gasteiger partial charge in [-0.2, -0.15) is 0 Å². The molecule has 1 amide bonds. The summed E-state index contributed by atoms with van der Waals surface area (Å²) in [4.78, 5) is 16.3. The first-order chi connectivity index (χ1) is 6.66. The van der Waals surface area contributed by atoms with Crippen molar-refractivity contribution in [3.8, 4) is 0 Å². The van der Waals surface area contributed by atoms with Crippen molar-refractivity contribution < 1.29 is 14.3 Å². The van der Waals surface area contributed by atoms with Crippen molar-refractivity contribution in [3.63, 3.8) is 0 Å². The average molecular weight is 196 g/mol. The summed E-state index contributed by atoms with van der Waals surface area (Å²) in [6.07, 6.45) is 0.411. The first kappa shape index (κ1) is 9.05. The van der Waals surface area contributed by atoms with E-state index in [1.54, 1.807) is 0 Å². The average Bonchev–Trinajstić information content (AvgIpc) is 2.34. The number of fused-ring (bicyclic) bond motifs is 1. The molecule has 1 aromatic rings. The monoisotopic (exact) mass is 196 g/mol. The third kappa shape index (κ3) is 1.57. The number of rotatable bonds is 0. The molecule has 1 N–H and O–H groups in total. The van der Waals surface area contributed by atoms with Gasteiger partial charge in [-0.3, -0.25) is 0 Å². The Kier molecular flexibility index (Phi) is 2.15. The van der Waals surface area contributed by atoms with Gasteiger partial charge in [0.15, 0.2) is 5.89 Å². The quantitative estimate of drug-likeness (QED) is 0.673. The van der Waals surface area contributed by atoms with Crippen molar-refractivity contribution >= 4 is 6.09 Å². The molecule has 0 bridgehead atoms. The number of aromatic nitrogens is 1. The fourth-order valence-corrected chi connectivity index (χ4v) is 1.68. The van der Waals surface area contributed by atoms with Gasteiger partial charge < -0.3 is 14.4 Å². The summed E-state index contributed by atoms with van der Waals surface area (Å²) in [5.41, 5.74) is 0.909. The second-order valence-corrected chi connectivity index (χ2v) is 3.37. The van der Waals surface area contributed by atoms with E-state index in [-0.39, 0.29) is 0 Å². The van der Waals surface area contributed by atoms with E-state index in [0.29, 0.717) is 31.8 Å². The zero-order valence-electron chi connectivity index (χ0n) is 7.99. The summed E-state index contributed by atoms with van der Waals surface area (Å²) in [7, 11) is 0. The van der Waals surface area contributed by atoms with E-state index in [1.165, 1.54) is 4.90 Å². The van der Waals surface area contributed by atoms with Crippen LogP contribution in [-0.2, 0) is 12.8 Å². The number of nitrogens with zero attached hydrogens (tertiary/aromatic N) is 2. The van der Waals surface area contributed by atoms with Crippen molar-refractivity contribution in [2.75, 3.05) is 13.1 Å². The Morgan fingerprint density at radius 2 is 2.21 bits per heavy atom. The number of carbonyl (C=O) groups is 1. The van der Waals surface area contributed by atoms with Gasteiger partial charge in [0, 0.05) is 32.9 Å². The summed E-state index contributed by atoms with van der Waals surface area (Å²) in [6.45, 7) is 2.81. The summed E-state index contributed by atoms with van der Waals surface area (Å²) in [5.74, 6) is 1.50. The minimum atomic E-state index is -0.869. The molecule has 0 aromatic carbocycles. The van der Waals surface area contributed by atoms with Crippen molar-refractivity contribution in [2.24, 2.45) is 0 Å². The summed E-state index contributed by atoms with van der Waals surface area (Å²) < 4.78 is 5.38. The molecular weight excluding hydrogens is 184 g/mol. The number of hydrogen-bond acceptors (Lipinski definition) is 3. The smallest absolute Gasteiger partial charge is 0.407 e. The molecule has 0 spiro atoms. The minimum absolute atomic E-state index is 0.497. The van der Waals surface area contributed by atoms with Gasteiger partial charge in [-0.05, 0) is 0 Å². The molecular formula is C9H12N2O3. The van der Waals surface area contributed by atoms with Crippen LogP contribution in [0.5, 0.6) is 0 Å². The Morgan fingerprint density at radius 3 is 2.93 bits per heavy atom. The van der Waals surface area contributed by atoms with E-state index in [4.69, 9.17) is 9.52 Å². The zero-order chi connectivity index (χ0) is 10.1. The predicted molar refractivity (Wildman–Crippen MR) is 48.2 cm³/mol. The van der Waals surface area contributed by atoms with Crippen LogP contribution in [0, 0.1) is 6.92 Å². The standard InChI is InChI=1S/C9H12N2O3/c1-6-10-7-2-4-11(9(12)13)5-3-8(7)14-6/h2-5H2,1H3,(H,12,13). The Morgan fingerprint density at radius 1 is 1.50 bits per heavy atom. The highest BCUT2D eigenvalue weighted by Crippen LogP contribution is 2.16.